The van der Waals surface area contributed by atoms with Crippen molar-refractivity contribution in [2.45, 2.75) is 51.0 Å². The zero-order chi connectivity index (χ0) is 19.8. The zero-order valence-electron chi connectivity index (χ0n) is 17.6. The quantitative estimate of drug-likeness (QED) is 0.604. The zero-order valence-corrected chi connectivity index (χ0v) is 17.6. The predicted octanol–water partition coefficient (Wildman–Crippen LogP) is 6.01. The van der Waals surface area contributed by atoms with Gasteiger partial charge in [-0.25, -0.2) is 0 Å². The lowest BCUT2D eigenvalue weighted by Crippen LogP contribution is -2.41. The molecule has 0 bridgehead atoms. The van der Waals surface area contributed by atoms with Gasteiger partial charge in [-0.3, -0.25) is 0 Å². The van der Waals surface area contributed by atoms with Crippen LogP contribution in [0.15, 0.2) is 72.5 Å². The van der Waals surface area contributed by atoms with Gasteiger partial charge in [-0.15, -0.1) is 0 Å². The van der Waals surface area contributed by atoms with E-state index in [0.717, 1.165) is 24.3 Å². The third-order valence-electron chi connectivity index (χ3n) is 6.87. The molecule has 5 rings (SSSR count). The van der Waals surface area contributed by atoms with Crippen LogP contribution in [0.3, 0.4) is 0 Å². The summed E-state index contributed by atoms with van der Waals surface area (Å²) in [4.78, 5) is 2.50. The van der Waals surface area contributed by atoms with E-state index in [-0.39, 0.29) is 5.41 Å². The van der Waals surface area contributed by atoms with Gasteiger partial charge < -0.3 is 9.64 Å². The molecule has 29 heavy (non-hydrogen) atoms. The highest BCUT2D eigenvalue weighted by Gasteiger charge is 2.44. The van der Waals surface area contributed by atoms with E-state index < -0.39 is 0 Å². The number of allylic oxidation sites excluding steroid dienone is 2. The highest BCUT2D eigenvalue weighted by atomic mass is 16.5. The molecule has 3 aliphatic rings. The second-order valence-electron chi connectivity index (χ2n) is 9.24. The molecule has 0 N–H and O–H groups in total. The normalized spacial score (nSPS) is 26.1. The molecule has 2 nitrogen and oxygen atoms in total. The highest BCUT2D eigenvalue weighted by molar-refractivity contribution is 5.45. The number of hydrogen-bond acceptors (Lipinski definition) is 2. The SMILES string of the molecule is Cc1ccc(C2(c3ccc(OCC4=CC=CCN4C4CC4)cc3)CC(C)C2)cc1. The Balaban J connectivity index is 1.31. The van der Waals surface area contributed by atoms with Gasteiger partial charge in [0.1, 0.15) is 12.4 Å². The van der Waals surface area contributed by atoms with E-state index in [1.165, 1.54) is 48.1 Å². The van der Waals surface area contributed by atoms with Crippen molar-refractivity contribution in [1.29, 1.82) is 0 Å². The Morgan fingerprint density at radius 3 is 2.24 bits per heavy atom. The van der Waals surface area contributed by atoms with Gasteiger partial charge in [-0.05, 0) is 67.9 Å². The number of ether oxygens (including phenoxy) is 1. The summed E-state index contributed by atoms with van der Waals surface area (Å²) in [6.45, 7) is 6.20. The second kappa shape index (κ2) is 7.40. The van der Waals surface area contributed by atoms with Crippen molar-refractivity contribution in [3.05, 3.63) is 89.1 Å². The Kier molecular flexibility index (Phi) is 4.73. The van der Waals surface area contributed by atoms with Crippen molar-refractivity contribution < 1.29 is 4.74 Å². The highest BCUT2D eigenvalue weighted by Crippen LogP contribution is 2.52. The fraction of sp³-hybridized carbons (Fsp3) is 0.407. The van der Waals surface area contributed by atoms with E-state index in [1.807, 2.05) is 0 Å². The summed E-state index contributed by atoms with van der Waals surface area (Å²) in [5.74, 6) is 1.75. The van der Waals surface area contributed by atoms with Crippen molar-refractivity contribution in [3.8, 4) is 5.75 Å². The molecule has 0 saturated heterocycles. The standard InChI is InChI=1S/C27H31NO/c1-20-6-8-22(9-7-20)27(17-21(2)18-27)23-10-14-26(15-11-23)29-19-25-5-3-4-16-28(25)24-12-13-24/h3-11,14-15,21,24H,12-13,16-19H2,1-2H3. The van der Waals surface area contributed by atoms with E-state index in [4.69, 9.17) is 4.74 Å². The van der Waals surface area contributed by atoms with Gasteiger partial charge in [-0.1, -0.05) is 61.0 Å². The van der Waals surface area contributed by atoms with E-state index >= 15 is 0 Å². The Hall–Kier alpha value is -2.48. The first-order chi connectivity index (χ1) is 14.1. The summed E-state index contributed by atoms with van der Waals surface area (Å²) in [5.41, 5.74) is 5.68. The van der Waals surface area contributed by atoms with Crippen LogP contribution in [-0.4, -0.2) is 24.1 Å². The molecule has 0 radical (unpaired) electrons. The lowest BCUT2D eigenvalue weighted by Gasteiger charge is -2.48. The summed E-state index contributed by atoms with van der Waals surface area (Å²) in [6, 6.07) is 18.8. The van der Waals surface area contributed by atoms with E-state index in [9.17, 15) is 0 Å². The van der Waals surface area contributed by atoms with Crippen molar-refractivity contribution >= 4 is 0 Å². The lowest BCUT2D eigenvalue weighted by molar-refractivity contribution is 0.200. The molecule has 1 aliphatic heterocycles. The molecule has 0 amide bonds. The van der Waals surface area contributed by atoms with E-state index in [0.29, 0.717) is 6.61 Å². The molecule has 2 aromatic rings. The van der Waals surface area contributed by atoms with E-state index in [2.05, 4.69) is 85.5 Å². The smallest absolute Gasteiger partial charge is 0.128 e. The minimum absolute atomic E-state index is 0.172. The molecule has 0 unspecified atom stereocenters. The third kappa shape index (κ3) is 3.61. The van der Waals surface area contributed by atoms with Crippen molar-refractivity contribution in [1.82, 2.24) is 4.90 Å². The average molecular weight is 386 g/mol. The van der Waals surface area contributed by atoms with Crippen LogP contribution < -0.4 is 4.74 Å². The molecule has 2 fully saturated rings. The molecule has 2 aromatic carbocycles. The van der Waals surface area contributed by atoms with Crippen LogP contribution in [0.5, 0.6) is 5.75 Å². The largest absolute Gasteiger partial charge is 0.487 e. The summed E-state index contributed by atoms with van der Waals surface area (Å²) in [5, 5.41) is 0. The van der Waals surface area contributed by atoms with Crippen molar-refractivity contribution in [3.63, 3.8) is 0 Å². The summed E-state index contributed by atoms with van der Waals surface area (Å²) in [6.07, 6.45) is 11.7. The maximum Gasteiger partial charge on any atom is 0.128 e. The molecule has 1 heterocycles. The average Bonchev–Trinajstić information content (AvgIpc) is 3.56. The van der Waals surface area contributed by atoms with Gasteiger partial charge in [0.05, 0.1) is 5.70 Å². The molecule has 0 aromatic heterocycles. The van der Waals surface area contributed by atoms with Gasteiger partial charge in [0.25, 0.3) is 0 Å². The Bertz CT molecular complexity index is 912. The molecule has 2 heteroatoms. The van der Waals surface area contributed by atoms with Gasteiger partial charge in [0.2, 0.25) is 0 Å². The van der Waals surface area contributed by atoms with Gasteiger partial charge in [-0.2, -0.15) is 0 Å². The van der Waals surface area contributed by atoms with Crippen LogP contribution in [0.1, 0.15) is 49.3 Å². The van der Waals surface area contributed by atoms with Crippen LogP contribution in [0.4, 0.5) is 0 Å². The number of rotatable bonds is 6. The molecule has 2 aliphatic carbocycles. The van der Waals surface area contributed by atoms with Crippen LogP contribution in [-0.2, 0) is 5.41 Å². The Morgan fingerprint density at radius 2 is 1.62 bits per heavy atom. The first kappa shape index (κ1) is 18.5. The molecule has 2 saturated carbocycles. The van der Waals surface area contributed by atoms with Crippen LogP contribution in [0, 0.1) is 12.8 Å². The van der Waals surface area contributed by atoms with Gasteiger partial charge in [0, 0.05) is 18.0 Å². The Labute approximate surface area is 174 Å². The van der Waals surface area contributed by atoms with Crippen LogP contribution in [0.25, 0.3) is 0 Å². The second-order valence-corrected chi connectivity index (χ2v) is 9.24. The first-order valence-electron chi connectivity index (χ1n) is 11.1. The topological polar surface area (TPSA) is 12.5 Å². The summed E-state index contributed by atoms with van der Waals surface area (Å²) < 4.78 is 6.17. The summed E-state index contributed by atoms with van der Waals surface area (Å²) in [7, 11) is 0. The third-order valence-corrected chi connectivity index (χ3v) is 6.87. The molecule has 0 spiro atoms. The molecule has 0 atom stereocenters. The number of hydrogen-bond donors (Lipinski definition) is 0. The number of aryl methyl sites for hydroxylation is 1. The fourth-order valence-corrected chi connectivity index (χ4v) is 5.14. The molecule has 150 valence electrons. The van der Waals surface area contributed by atoms with Crippen molar-refractivity contribution in [2.75, 3.05) is 13.2 Å². The Morgan fingerprint density at radius 1 is 0.966 bits per heavy atom. The number of nitrogens with zero attached hydrogens (tertiary/aromatic N) is 1. The van der Waals surface area contributed by atoms with Gasteiger partial charge in [0.15, 0.2) is 0 Å². The summed E-state index contributed by atoms with van der Waals surface area (Å²) >= 11 is 0. The van der Waals surface area contributed by atoms with Crippen molar-refractivity contribution in [2.24, 2.45) is 5.92 Å². The fourth-order valence-electron chi connectivity index (χ4n) is 5.14. The monoisotopic (exact) mass is 385 g/mol. The van der Waals surface area contributed by atoms with E-state index in [1.54, 1.807) is 0 Å². The molecular formula is C27H31NO. The predicted molar refractivity (Wildman–Crippen MR) is 119 cm³/mol. The lowest BCUT2D eigenvalue weighted by atomic mass is 9.56. The van der Waals surface area contributed by atoms with Crippen LogP contribution in [0.2, 0.25) is 0 Å². The molecular weight excluding hydrogens is 354 g/mol. The van der Waals surface area contributed by atoms with Crippen LogP contribution >= 0.6 is 0 Å². The maximum absolute atomic E-state index is 6.17. The minimum Gasteiger partial charge on any atom is -0.487 e. The number of benzene rings is 2. The first-order valence-corrected chi connectivity index (χ1v) is 11.1. The minimum atomic E-state index is 0.172. The maximum atomic E-state index is 6.17. The van der Waals surface area contributed by atoms with Gasteiger partial charge >= 0.3 is 0 Å².